The van der Waals surface area contributed by atoms with E-state index in [-0.39, 0.29) is 31.0 Å². The molecule has 0 fully saturated rings. The van der Waals surface area contributed by atoms with Crippen LogP contribution in [0.2, 0.25) is 0 Å². The second-order valence-corrected chi connectivity index (χ2v) is 6.71. The van der Waals surface area contributed by atoms with Crippen LogP contribution in [-0.2, 0) is 20.7 Å². The maximum Gasteiger partial charge on any atom is 0.325 e. The number of fused-ring (bicyclic) bond motifs is 1. The summed E-state index contributed by atoms with van der Waals surface area (Å²) < 4.78 is 5.01. The summed E-state index contributed by atoms with van der Waals surface area (Å²) in [6.45, 7) is 1.35. The molecule has 0 saturated carbocycles. The molecule has 6 nitrogen and oxygen atoms in total. The summed E-state index contributed by atoms with van der Waals surface area (Å²) in [6.07, 6.45) is 0.784. The van der Waals surface area contributed by atoms with E-state index >= 15 is 0 Å². The normalized spacial score (nSPS) is 15.6. The van der Waals surface area contributed by atoms with Crippen LogP contribution in [0.5, 0.6) is 0 Å². The van der Waals surface area contributed by atoms with Crippen molar-refractivity contribution in [2.75, 3.05) is 18.1 Å². The van der Waals surface area contributed by atoms with Gasteiger partial charge >= 0.3 is 5.97 Å². The Morgan fingerprint density at radius 3 is 2.80 bits per heavy atom. The average Bonchev–Trinajstić information content (AvgIpc) is 3.24. The molecular weight excluding hydrogens is 340 g/mol. The van der Waals surface area contributed by atoms with Crippen molar-refractivity contribution >= 4 is 34.8 Å². The lowest BCUT2D eigenvalue weighted by molar-refractivity contribution is -0.146. The Bertz CT molecular complexity index is 788. The molecule has 25 heavy (non-hydrogen) atoms. The Balaban J connectivity index is 1.49. The number of para-hydroxylation sites is 1. The molecule has 2 heterocycles. The van der Waals surface area contributed by atoms with Gasteiger partial charge in [0.25, 0.3) is 11.8 Å². The van der Waals surface area contributed by atoms with Crippen molar-refractivity contribution in [1.82, 2.24) is 5.32 Å². The van der Waals surface area contributed by atoms with Gasteiger partial charge in [0.1, 0.15) is 6.54 Å². The summed E-state index contributed by atoms with van der Waals surface area (Å²) in [6, 6.07) is 11.2. The highest BCUT2D eigenvalue weighted by molar-refractivity contribution is 7.12. The molecule has 1 atom stereocenters. The minimum absolute atomic E-state index is 0.0298. The molecule has 2 aromatic rings. The maximum atomic E-state index is 12.4. The van der Waals surface area contributed by atoms with Crippen LogP contribution in [0.25, 0.3) is 0 Å². The predicted octanol–water partition coefficient (Wildman–Crippen LogP) is 2.00. The molecule has 0 radical (unpaired) electrons. The fraction of sp³-hybridized carbons (Fsp3) is 0.278. The topological polar surface area (TPSA) is 75.7 Å². The summed E-state index contributed by atoms with van der Waals surface area (Å²) in [7, 11) is 0. The highest BCUT2D eigenvalue weighted by Gasteiger charge is 2.30. The van der Waals surface area contributed by atoms with E-state index in [1.54, 1.807) is 22.4 Å². The zero-order chi connectivity index (χ0) is 17.8. The molecule has 0 unspecified atom stereocenters. The number of esters is 1. The number of nitrogens with one attached hydrogen (secondary N) is 1. The Morgan fingerprint density at radius 2 is 2.04 bits per heavy atom. The quantitative estimate of drug-likeness (QED) is 0.830. The van der Waals surface area contributed by atoms with Crippen molar-refractivity contribution in [2.45, 2.75) is 19.4 Å². The molecule has 1 aliphatic heterocycles. The zero-order valence-electron chi connectivity index (χ0n) is 13.7. The Kier molecular flexibility index (Phi) is 5.14. The summed E-state index contributed by atoms with van der Waals surface area (Å²) in [5.74, 6) is -1.24. The van der Waals surface area contributed by atoms with Crippen molar-refractivity contribution in [3.05, 3.63) is 52.2 Å². The van der Waals surface area contributed by atoms with Crippen molar-refractivity contribution in [1.29, 1.82) is 0 Å². The van der Waals surface area contributed by atoms with Crippen LogP contribution in [0.3, 0.4) is 0 Å². The number of nitrogens with zero attached hydrogens (tertiary/aromatic N) is 1. The van der Waals surface area contributed by atoms with Gasteiger partial charge in [-0.05, 0) is 36.4 Å². The summed E-state index contributed by atoms with van der Waals surface area (Å²) in [5.41, 5.74) is 1.97. The summed E-state index contributed by atoms with van der Waals surface area (Å²) in [5, 5.41) is 4.25. The van der Waals surface area contributed by atoms with Crippen LogP contribution in [0.1, 0.15) is 22.2 Å². The van der Waals surface area contributed by atoms with Crippen molar-refractivity contribution in [3.8, 4) is 0 Å². The number of hydrogen-bond acceptors (Lipinski definition) is 5. The number of thiophene rings is 1. The molecule has 0 spiro atoms. The third-order valence-electron chi connectivity index (χ3n) is 3.97. The van der Waals surface area contributed by atoms with Crippen LogP contribution in [0.4, 0.5) is 5.69 Å². The Morgan fingerprint density at radius 1 is 1.24 bits per heavy atom. The summed E-state index contributed by atoms with van der Waals surface area (Å²) >= 11 is 1.29. The van der Waals surface area contributed by atoms with Gasteiger partial charge in [-0.1, -0.05) is 24.3 Å². The number of benzene rings is 1. The highest BCUT2D eigenvalue weighted by atomic mass is 32.1. The number of anilines is 1. The van der Waals surface area contributed by atoms with Gasteiger partial charge < -0.3 is 15.0 Å². The molecule has 1 aliphatic rings. The van der Waals surface area contributed by atoms with Gasteiger partial charge in [-0.3, -0.25) is 14.4 Å². The first-order chi connectivity index (χ1) is 12.1. The van der Waals surface area contributed by atoms with E-state index in [2.05, 4.69) is 5.32 Å². The Labute approximate surface area is 149 Å². The van der Waals surface area contributed by atoms with E-state index in [1.165, 1.54) is 11.3 Å². The van der Waals surface area contributed by atoms with Crippen LogP contribution >= 0.6 is 11.3 Å². The van der Waals surface area contributed by atoms with Gasteiger partial charge in [0.2, 0.25) is 0 Å². The second kappa shape index (κ2) is 7.48. The van der Waals surface area contributed by atoms with E-state index in [4.69, 9.17) is 4.74 Å². The lowest BCUT2D eigenvalue weighted by atomic mass is 10.1. The lowest BCUT2D eigenvalue weighted by Crippen LogP contribution is -2.39. The molecule has 2 amide bonds. The molecule has 1 aromatic heterocycles. The van der Waals surface area contributed by atoms with Crippen LogP contribution < -0.4 is 10.2 Å². The molecule has 1 N–H and O–H groups in total. The van der Waals surface area contributed by atoms with Crippen LogP contribution in [0.15, 0.2) is 41.8 Å². The average molecular weight is 358 g/mol. The maximum absolute atomic E-state index is 12.4. The predicted molar refractivity (Wildman–Crippen MR) is 94.7 cm³/mol. The van der Waals surface area contributed by atoms with Gasteiger partial charge in [0.05, 0.1) is 4.88 Å². The summed E-state index contributed by atoms with van der Waals surface area (Å²) in [4.78, 5) is 38.1. The number of amides is 2. The highest BCUT2D eigenvalue weighted by Crippen LogP contribution is 2.31. The third kappa shape index (κ3) is 3.88. The van der Waals surface area contributed by atoms with E-state index in [1.807, 2.05) is 31.2 Å². The number of rotatable bonds is 5. The van der Waals surface area contributed by atoms with E-state index in [0.717, 1.165) is 17.7 Å². The van der Waals surface area contributed by atoms with Gasteiger partial charge in [-0.15, -0.1) is 11.3 Å². The third-order valence-corrected chi connectivity index (χ3v) is 4.84. The lowest BCUT2D eigenvalue weighted by Gasteiger charge is -2.22. The van der Waals surface area contributed by atoms with E-state index in [9.17, 15) is 14.4 Å². The largest absolute Gasteiger partial charge is 0.454 e. The number of ether oxygens (including phenoxy) is 1. The molecule has 0 aliphatic carbocycles. The van der Waals surface area contributed by atoms with Gasteiger partial charge in [-0.2, -0.15) is 0 Å². The molecule has 0 saturated heterocycles. The fourth-order valence-electron chi connectivity index (χ4n) is 2.86. The molecule has 7 heteroatoms. The minimum atomic E-state index is -0.640. The zero-order valence-corrected chi connectivity index (χ0v) is 14.5. The Hall–Kier alpha value is -2.67. The van der Waals surface area contributed by atoms with E-state index < -0.39 is 5.97 Å². The first-order valence-corrected chi connectivity index (χ1v) is 8.81. The number of carbonyl (C=O) groups is 3. The molecule has 3 rings (SSSR count). The van der Waals surface area contributed by atoms with Gasteiger partial charge in [-0.25, -0.2) is 0 Å². The second-order valence-electron chi connectivity index (χ2n) is 5.77. The monoisotopic (exact) mass is 358 g/mol. The molecule has 130 valence electrons. The van der Waals surface area contributed by atoms with Crippen molar-refractivity contribution in [2.24, 2.45) is 0 Å². The SMILES string of the molecule is C[C@@H]1Cc2ccccc2N1C(=O)COC(=O)CNC(=O)c1cccs1. The van der Waals surface area contributed by atoms with Gasteiger partial charge in [0.15, 0.2) is 6.61 Å². The standard InChI is InChI=1S/C18H18N2O4S/c1-12-9-13-5-2-3-6-14(13)20(12)16(21)11-24-17(22)10-19-18(23)15-7-4-8-25-15/h2-8,12H,9-11H2,1H3,(H,19,23)/t12-/m1/s1. The molecular formula is C18H18N2O4S. The van der Waals surface area contributed by atoms with Crippen LogP contribution in [0, 0.1) is 0 Å². The first kappa shape index (κ1) is 17.2. The minimum Gasteiger partial charge on any atom is -0.454 e. The smallest absolute Gasteiger partial charge is 0.325 e. The van der Waals surface area contributed by atoms with Crippen LogP contribution in [-0.4, -0.2) is 37.0 Å². The first-order valence-electron chi connectivity index (χ1n) is 7.93. The van der Waals surface area contributed by atoms with E-state index in [0.29, 0.717) is 4.88 Å². The molecule has 0 bridgehead atoms. The number of carbonyl (C=O) groups excluding carboxylic acids is 3. The number of hydrogen-bond donors (Lipinski definition) is 1. The van der Waals surface area contributed by atoms with Crippen molar-refractivity contribution in [3.63, 3.8) is 0 Å². The van der Waals surface area contributed by atoms with Gasteiger partial charge in [0, 0.05) is 11.7 Å². The fourth-order valence-corrected chi connectivity index (χ4v) is 3.50. The van der Waals surface area contributed by atoms with Crippen molar-refractivity contribution < 1.29 is 19.1 Å². The molecule has 1 aromatic carbocycles.